The van der Waals surface area contributed by atoms with Gasteiger partial charge in [0.2, 0.25) is 0 Å². The van der Waals surface area contributed by atoms with Crippen LogP contribution in [0, 0.1) is 23.4 Å². The first kappa shape index (κ1) is 24.1. The molecule has 0 spiro atoms. The van der Waals surface area contributed by atoms with E-state index in [4.69, 9.17) is 10.5 Å². The number of rotatable bonds is 8. The summed E-state index contributed by atoms with van der Waals surface area (Å²) < 4.78 is 48.3. The molecule has 0 amide bonds. The van der Waals surface area contributed by atoms with Gasteiger partial charge in [0.25, 0.3) is 0 Å². The summed E-state index contributed by atoms with van der Waals surface area (Å²) in [5, 5.41) is 0.710. The molecule has 4 rings (SSSR count). The Morgan fingerprint density at radius 1 is 1.12 bits per heavy atom. The van der Waals surface area contributed by atoms with Gasteiger partial charge in [-0.2, -0.15) is 0 Å². The first-order chi connectivity index (χ1) is 16.4. The predicted octanol–water partition coefficient (Wildman–Crippen LogP) is 5.78. The average Bonchev–Trinajstić information content (AvgIpc) is 2.85. The van der Waals surface area contributed by atoms with E-state index >= 15 is 0 Å². The van der Waals surface area contributed by atoms with Crippen LogP contribution in [0.5, 0.6) is 5.75 Å². The molecule has 2 N–H and O–H groups in total. The second kappa shape index (κ2) is 10.5. The fraction of sp³-hybridized carbons (Fsp3) is 0.370. The number of hydrogen-bond donors (Lipinski definition) is 1. The molecule has 1 unspecified atom stereocenters. The normalized spacial score (nSPS) is 19.1. The molecule has 1 fully saturated rings. The minimum atomic E-state index is -0.468. The van der Waals surface area contributed by atoms with Crippen LogP contribution in [-0.4, -0.2) is 30.7 Å². The summed E-state index contributed by atoms with van der Waals surface area (Å²) in [7, 11) is 1.57. The van der Waals surface area contributed by atoms with Crippen molar-refractivity contribution in [1.29, 1.82) is 0 Å². The topological polar surface area (TPSA) is 51.4 Å². The van der Waals surface area contributed by atoms with Crippen LogP contribution in [0.2, 0.25) is 0 Å². The molecule has 0 saturated heterocycles. The molecule has 1 saturated carbocycles. The first-order valence-electron chi connectivity index (χ1n) is 11.6. The zero-order chi connectivity index (χ0) is 24.2. The molecule has 1 aliphatic rings. The number of benzene rings is 2. The molecule has 1 aromatic heterocycles. The smallest absolute Gasteiger partial charge is 0.146 e. The van der Waals surface area contributed by atoms with Gasteiger partial charge < -0.3 is 15.4 Å². The van der Waals surface area contributed by atoms with E-state index < -0.39 is 11.6 Å². The maximum Gasteiger partial charge on any atom is 0.146 e. The summed E-state index contributed by atoms with van der Waals surface area (Å²) in [6.45, 7) is 4.21. The SMILES string of the molecule is C=CCN(c1cc(F)ccc1F)C1CCC(C(N)Cc2c(F)cnc3ccc(OC)cc23)CC1. The van der Waals surface area contributed by atoms with Crippen LogP contribution < -0.4 is 15.4 Å². The molecule has 34 heavy (non-hydrogen) atoms. The van der Waals surface area contributed by atoms with Crippen LogP contribution in [0.1, 0.15) is 31.2 Å². The summed E-state index contributed by atoms with van der Waals surface area (Å²) in [5.41, 5.74) is 8.09. The monoisotopic (exact) mass is 469 g/mol. The van der Waals surface area contributed by atoms with Crippen LogP contribution in [0.4, 0.5) is 18.9 Å². The van der Waals surface area contributed by atoms with Gasteiger partial charge in [-0.05, 0) is 68.4 Å². The maximum absolute atomic E-state index is 14.8. The van der Waals surface area contributed by atoms with Gasteiger partial charge in [0, 0.05) is 35.6 Å². The molecule has 2 aromatic carbocycles. The largest absolute Gasteiger partial charge is 0.497 e. The standard InChI is InChI=1S/C27H30F3N3O/c1-3-12-33(27-13-18(28)6-10-23(27)29)19-7-4-17(5-8-19)25(31)15-21-22-14-20(34-2)9-11-26(22)32-16-24(21)30/h3,6,9-11,13-14,16-17,19,25H,1,4-5,7-8,12,15,31H2,2H3. The van der Waals surface area contributed by atoms with Gasteiger partial charge in [0.1, 0.15) is 23.2 Å². The molecule has 0 aliphatic heterocycles. The Kier molecular flexibility index (Phi) is 7.41. The number of anilines is 1. The Labute approximate surface area is 198 Å². The van der Waals surface area contributed by atoms with Gasteiger partial charge in [0.15, 0.2) is 0 Å². The van der Waals surface area contributed by atoms with E-state index in [1.54, 1.807) is 25.3 Å². The highest BCUT2D eigenvalue weighted by atomic mass is 19.1. The highest BCUT2D eigenvalue weighted by Crippen LogP contribution is 2.35. The van der Waals surface area contributed by atoms with Gasteiger partial charge in [-0.25, -0.2) is 13.2 Å². The number of pyridine rings is 1. The van der Waals surface area contributed by atoms with E-state index in [2.05, 4.69) is 11.6 Å². The molecule has 0 radical (unpaired) electrons. The van der Waals surface area contributed by atoms with Crippen molar-refractivity contribution in [3.8, 4) is 5.75 Å². The maximum atomic E-state index is 14.8. The van der Waals surface area contributed by atoms with E-state index in [9.17, 15) is 13.2 Å². The summed E-state index contributed by atoms with van der Waals surface area (Å²) in [5.74, 6) is -0.444. The third-order valence-electron chi connectivity index (χ3n) is 6.90. The highest BCUT2D eigenvalue weighted by molar-refractivity contribution is 5.83. The summed E-state index contributed by atoms with van der Waals surface area (Å²) >= 11 is 0. The number of fused-ring (bicyclic) bond motifs is 1. The summed E-state index contributed by atoms with van der Waals surface area (Å²) in [4.78, 5) is 6.07. The molecule has 1 atom stereocenters. The van der Waals surface area contributed by atoms with Gasteiger partial charge >= 0.3 is 0 Å². The predicted molar refractivity (Wildman–Crippen MR) is 130 cm³/mol. The van der Waals surface area contributed by atoms with Crippen LogP contribution in [0.3, 0.4) is 0 Å². The van der Waals surface area contributed by atoms with Crippen LogP contribution in [-0.2, 0) is 6.42 Å². The van der Waals surface area contributed by atoms with Crippen LogP contribution >= 0.6 is 0 Å². The Bertz CT molecular complexity index is 1160. The number of halogens is 3. The first-order valence-corrected chi connectivity index (χ1v) is 11.6. The van der Waals surface area contributed by atoms with E-state index in [1.807, 2.05) is 11.0 Å². The quantitative estimate of drug-likeness (QED) is 0.425. The van der Waals surface area contributed by atoms with Crippen molar-refractivity contribution >= 4 is 16.6 Å². The third kappa shape index (κ3) is 5.04. The number of hydrogen-bond acceptors (Lipinski definition) is 4. The highest BCUT2D eigenvalue weighted by Gasteiger charge is 2.30. The minimum Gasteiger partial charge on any atom is -0.497 e. The lowest BCUT2D eigenvalue weighted by atomic mass is 9.79. The van der Waals surface area contributed by atoms with E-state index in [-0.39, 0.29) is 29.5 Å². The molecule has 3 aromatic rings. The second-order valence-electron chi connectivity index (χ2n) is 8.94. The van der Waals surface area contributed by atoms with Crippen LogP contribution in [0.25, 0.3) is 10.9 Å². The van der Waals surface area contributed by atoms with Crippen molar-refractivity contribution in [2.75, 3.05) is 18.6 Å². The fourth-order valence-electron chi connectivity index (χ4n) is 5.07. The van der Waals surface area contributed by atoms with Crippen molar-refractivity contribution in [2.24, 2.45) is 11.7 Å². The van der Waals surface area contributed by atoms with Gasteiger partial charge in [-0.1, -0.05) is 6.08 Å². The summed E-state index contributed by atoms with van der Waals surface area (Å²) in [6, 6.07) is 8.75. The zero-order valence-electron chi connectivity index (χ0n) is 19.3. The Morgan fingerprint density at radius 3 is 2.59 bits per heavy atom. The molecule has 0 bridgehead atoms. The van der Waals surface area contributed by atoms with Crippen molar-refractivity contribution in [3.63, 3.8) is 0 Å². The zero-order valence-corrected chi connectivity index (χ0v) is 19.3. The lowest BCUT2D eigenvalue weighted by Crippen LogP contribution is -2.42. The van der Waals surface area contributed by atoms with Gasteiger partial charge in [-0.15, -0.1) is 6.58 Å². The Hall–Kier alpha value is -3.06. The molecule has 180 valence electrons. The minimum absolute atomic E-state index is 0.0560. The lowest BCUT2D eigenvalue weighted by Gasteiger charge is -2.39. The van der Waals surface area contributed by atoms with E-state index in [0.717, 1.165) is 37.8 Å². The summed E-state index contributed by atoms with van der Waals surface area (Å²) in [6.07, 6.45) is 6.56. The van der Waals surface area contributed by atoms with Crippen molar-refractivity contribution in [2.45, 2.75) is 44.2 Å². The fourth-order valence-corrected chi connectivity index (χ4v) is 5.07. The van der Waals surface area contributed by atoms with Crippen molar-refractivity contribution in [3.05, 3.63) is 78.3 Å². The number of ether oxygens (including phenoxy) is 1. The van der Waals surface area contributed by atoms with Crippen molar-refractivity contribution < 1.29 is 17.9 Å². The van der Waals surface area contributed by atoms with Crippen molar-refractivity contribution in [1.82, 2.24) is 4.98 Å². The Morgan fingerprint density at radius 2 is 1.88 bits per heavy atom. The third-order valence-corrected chi connectivity index (χ3v) is 6.90. The van der Waals surface area contributed by atoms with Gasteiger partial charge in [-0.3, -0.25) is 4.98 Å². The lowest BCUT2D eigenvalue weighted by molar-refractivity contribution is 0.274. The second-order valence-corrected chi connectivity index (χ2v) is 8.94. The van der Waals surface area contributed by atoms with E-state index in [1.165, 1.54) is 12.3 Å². The average molecular weight is 470 g/mol. The molecule has 1 heterocycles. The number of aromatic nitrogens is 1. The van der Waals surface area contributed by atoms with Crippen LogP contribution in [0.15, 0.2) is 55.3 Å². The van der Waals surface area contributed by atoms with E-state index in [0.29, 0.717) is 35.2 Å². The number of nitrogens with two attached hydrogens (primary N) is 1. The molecule has 7 heteroatoms. The molecule has 4 nitrogen and oxygen atoms in total. The molecular formula is C27H30F3N3O. The Balaban J connectivity index is 1.47. The van der Waals surface area contributed by atoms with Gasteiger partial charge in [0.05, 0.1) is 24.5 Å². The number of nitrogens with zero attached hydrogens (tertiary/aromatic N) is 2. The molecular weight excluding hydrogens is 439 g/mol. The number of methoxy groups -OCH3 is 1. The molecule has 1 aliphatic carbocycles.